The summed E-state index contributed by atoms with van der Waals surface area (Å²) in [5, 5.41) is 11.4. The van der Waals surface area contributed by atoms with Gasteiger partial charge in [-0.1, -0.05) is 5.16 Å². The highest BCUT2D eigenvalue weighted by Crippen LogP contribution is 2.33. The molecule has 1 amide bonds. The molecule has 0 unspecified atom stereocenters. The molecule has 0 saturated carbocycles. The Bertz CT molecular complexity index is 727. The van der Waals surface area contributed by atoms with E-state index >= 15 is 0 Å². The SMILES string of the molecule is Cc1noc(C)c1C(=O)N[C@H]1CCO[C@@H]1c1c(C)nn(C)c1C. The van der Waals surface area contributed by atoms with Crippen molar-refractivity contribution in [3.63, 3.8) is 0 Å². The van der Waals surface area contributed by atoms with E-state index in [2.05, 4.69) is 15.6 Å². The van der Waals surface area contributed by atoms with E-state index in [1.807, 2.05) is 25.6 Å². The van der Waals surface area contributed by atoms with Gasteiger partial charge in [0.05, 0.1) is 17.4 Å². The Balaban J connectivity index is 1.84. The second kappa shape index (κ2) is 5.81. The van der Waals surface area contributed by atoms with E-state index in [1.165, 1.54) is 0 Å². The molecule has 3 heterocycles. The third-order valence-electron chi connectivity index (χ3n) is 4.52. The van der Waals surface area contributed by atoms with Gasteiger partial charge in [-0.2, -0.15) is 5.10 Å². The van der Waals surface area contributed by atoms with Gasteiger partial charge in [0.15, 0.2) is 0 Å². The summed E-state index contributed by atoms with van der Waals surface area (Å²) in [5.74, 6) is 0.366. The number of aryl methyl sites for hydroxylation is 4. The Morgan fingerprint density at radius 2 is 2.00 bits per heavy atom. The lowest BCUT2D eigenvalue weighted by atomic mass is 10.00. The first-order chi connectivity index (χ1) is 10.9. The van der Waals surface area contributed by atoms with E-state index < -0.39 is 0 Å². The molecule has 124 valence electrons. The minimum atomic E-state index is -0.173. The van der Waals surface area contributed by atoms with Gasteiger partial charge >= 0.3 is 0 Å². The number of nitrogens with one attached hydrogen (secondary N) is 1. The molecule has 0 spiro atoms. The lowest BCUT2D eigenvalue weighted by Crippen LogP contribution is -2.37. The lowest BCUT2D eigenvalue weighted by Gasteiger charge is -2.20. The first-order valence-corrected chi connectivity index (χ1v) is 7.75. The van der Waals surface area contributed by atoms with E-state index in [4.69, 9.17) is 9.26 Å². The van der Waals surface area contributed by atoms with Crippen molar-refractivity contribution in [3.8, 4) is 0 Å². The first kappa shape index (κ1) is 15.7. The molecule has 2 atom stereocenters. The number of aromatic nitrogens is 3. The highest BCUT2D eigenvalue weighted by molar-refractivity contribution is 5.96. The zero-order valence-corrected chi connectivity index (χ0v) is 14.1. The maximum absolute atomic E-state index is 12.6. The topological polar surface area (TPSA) is 82.2 Å². The predicted molar refractivity (Wildman–Crippen MR) is 83.2 cm³/mol. The molecule has 2 aromatic heterocycles. The van der Waals surface area contributed by atoms with Gasteiger partial charge in [-0.25, -0.2) is 0 Å². The Morgan fingerprint density at radius 3 is 2.57 bits per heavy atom. The maximum Gasteiger partial charge on any atom is 0.257 e. The van der Waals surface area contributed by atoms with E-state index in [0.717, 1.165) is 23.4 Å². The van der Waals surface area contributed by atoms with Crippen LogP contribution < -0.4 is 5.32 Å². The van der Waals surface area contributed by atoms with Crippen LogP contribution in [0.15, 0.2) is 4.52 Å². The number of hydrogen-bond acceptors (Lipinski definition) is 5. The van der Waals surface area contributed by atoms with Crippen LogP contribution in [-0.2, 0) is 11.8 Å². The molecule has 7 nitrogen and oxygen atoms in total. The van der Waals surface area contributed by atoms with E-state index in [0.29, 0.717) is 23.6 Å². The summed E-state index contributed by atoms with van der Waals surface area (Å²) in [4.78, 5) is 12.6. The Hall–Kier alpha value is -2.15. The van der Waals surface area contributed by atoms with Crippen molar-refractivity contribution in [1.82, 2.24) is 20.3 Å². The molecule has 2 aromatic rings. The van der Waals surface area contributed by atoms with Crippen LogP contribution in [-0.4, -0.2) is 33.5 Å². The molecular weight excluding hydrogens is 296 g/mol. The number of ether oxygens (including phenoxy) is 1. The van der Waals surface area contributed by atoms with Gasteiger partial charge in [-0.3, -0.25) is 9.48 Å². The van der Waals surface area contributed by atoms with Gasteiger partial charge in [0.25, 0.3) is 5.91 Å². The fourth-order valence-electron chi connectivity index (χ4n) is 3.27. The summed E-state index contributed by atoms with van der Waals surface area (Å²) in [6.45, 7) is 8.11. The van der Waals surface area contributed by atoms with Crippen molar-refractivity contribution in [2.75, 3.05) is 6.61 Å². The third-order valence-corrected chi connectivity index (χ3v) is 4.52. The van der Waals surface area contributed by atoms with Crippen LogP contribution in [0.4, 0.5) is 0 Å². The molecule has 1 aliphatic heterocycles. The van der Waals surface area contributed by atoms with E-state index in [-0.39, 0.29) is 18.1 Å². The summed E-state index contributed by atoms with van der Waals surface area (Å²) in [7, 11) is 1.91. The fraction of sp³-hybridized carbons (Fsp3) is 0.562. The highest BCUT2D eigenvalue weighted by atomic mass is 16.5. The van der Waals surface area contributed by atoms with Crippen LogP contribution in [0.1, 0.15) is 51.3 Å². The highest BCUT2D eigenvalue weighted by Gasteiger charge is 2.35. The Labute approximate surface area is 135 Å². The monoisotopic (exact) mass is 318 g/mol. The quantitative estimate of drug-likeness (QED) is 0.934. The summed E-state index contributed by atoms with van der Waals surface area (Å²) < 4.78 is 12.8. The maximum atomic E-state index is 12.6. The predicted octanol–water partition coefficient (Wildman–Crippen LogP) is 1.90. The second-order valence-corrected chi connectivity index (χ2v) is 6.07. The number of rotatable bonds is 3. The zero-order chi connectivity index (χ0) is 16.7. The van der Waals surface area contributed by atoms with Crippen molar-refractivity contribution < 1.29 is 14.1 Å². The number of amides is 1. The van der Waals surface area contributed by atoms with Gasteiger partial charge in [0.2, 0.25) is 0 Å². The average molecular weight is 318 g/mol. The summed E-state index contributed by atoms with van der Waals surface area (Å²) in [6.07, 6.45) is 0.598. The Morgan fingerprint density at radius 1 is 1.26 bits per heavy atom. The number of hydrogen-bond donors (Lipinski definition) is 1. The normalized spacial score (nSPS) is 20.9. The minimum Gasteiger partial charge on any atom is -0.371 e. The molecule has 1 saturated heterocycles. The van der Waals surface area contributed by atoms with Crippen LogP contribution in [0.2, 0.25) is 0 Å². The van der Waals surface area contributed by atoms with Crippen molar-refractivity contribution in [2.24, 2.45) is 7.05 Å². The Kier molecular flexibility index (Phi) is 3.97. The van der Waals surface area contributed by atoms with Crippen molar-refractivity contribution in [3.05, 3.63) is 34.0 Å². The van der Waals surface area contributed by atoms with Crippen molar-refractivity contribution in [1.29, 1.82) is 0 Å². The van der Waals surface area contributed by atoms with Crippen LogP contribution in [0.5, 0.6) is 0 Å². The van der Waals surface area contributed by atoms with E-state index in [1.54, 1.807) is 13.8 Å². The number of nitrogens with zero attached hydrogens (tertiary/aromatic N) is 3. The molecular formula is C16H22N4O3. The largest absolute Gasteiger partial charge is 0.371 e. The molecule has 23 heavy (non-hydrogen) atoms. The smallest absolute Gasteiger partial charge is 0.257 e. The van der Waals surface area contributed by atoms with Crippen LogP contribution in [0.25, 0.3) is 0 Å². The lowest BCUT2D eigenvalue weighted by molar-refractivity contribution is 0.0815. The molecule has 0 radical (unpaired) electrons. The molecule has 3 rings (SSSR count). The zero-order valence-electron chi connectivity index (χ0n) is 14.1. The fourth-order valence-corrected chi connectivity index (χ4v) is 3.27. The standard InChI is InChI=1S/C16H22N4O3/c1-8-13(10(3)20(5)18-8)15-12(6-7-22-15)17-16(21)14-9(2)19-23-11(14)4/h12,15H,6-7H2,1-5H3,(H,17,21)/t12-,15-/m0/s1. The molecule has 0 aliphatic carbocycles. The van der Waals surface area contributed by atoms with Crippen molar-refractivity contribution in [2.45, 2.75) is 46.3 Å². The molecule has 7 heteroatoms. The first-order valence-electron chi connectivity index (χ1n) is 7.75. The van der Waals surface area contributed by atoms with Gasteiger partial charge < -0.3 is 14.6 Å². The van der Waals surface area contributed by atoms with Gasteiger partial charge in [-0.05, 0) is 34.1 Å². The number of carbonyl (C=O) groups is 1. The van der Waals surface area contributed by atoms with E-state index in [9.17, 15) is 4.79 Å². The molecule has 0 bridgehead atoms. The second-order valence-electron chi connectivity index (χ2n) is 6.07. The van der Waals surface area contributed by atoms with Crippen molar-refractivity contribution >= 4 is 5.91 Å². The molecule has 0 aromatic carbocycles. The molecule has 1 fully saturated rings. The minimum absolute atomic E-state index is 0.0854. The van der Waals surface area contributed by atoms with Gasteiger partial charge in [0, 0.05) is 24.9 Å². The third kappa shape index (κ3) is 2.65. The summed E-state index contributed by atoms with van der Waals surface area (Å²) >= 11 is 0. The number of carbonyl (C=O) groups excluding carboxylic acids is 1. The summed E-state index contributed by atoms with van der Waals surface area (Å²) in [6, 6.07) is -0.0854. The molecule has 1 N–H and O–H groups in total. The summed E-state index contributed by atoms with van der Waals surface area (Å²) in [5.41, 5.74) is 4.17. The van der Waals surface area contributed by atoms with Gasteiger partial charge in [-0.15, -0.1) is 0 Å². The van der Waals surface area contributed by atoms with Crippen LogP contribution in [0.3, 0.4) is 0 Å². The molecule has 1 aliphatic rings. The van der Waals surface area contributed by atoms with Crippen LogP contribution in [0, 0.1) is 27.7 Å². The van der Waals surface area contributed by atoms with Gasteiger partial charge in [0.1, 0.15) is 17.4 Å². The average Bonchev–Trinajstić information content (AvgIpc) is 3.12. The van der Waals surface area contributed by atoms with Crippen LogP contribution >= 0.6 is 0 Å².